The number of halogens is 1. The Morgan fingerprint density at radius 2 is 2.24 bits per heavy atom. The van der Waals surface area contributed by atoms with Crippen molar-refractivity contribution >= 4 is 51.5 Å². The number of nitrogens with one attached hydrogen (secondary N) is 2. The van der Waals surface area contributed by atoms with Crippen LogP contribution < -0.4 is 10.6 Å². The molecule has 0 aliphatic carbocycles. The van der Waals surface area contributed by atoms with E-state index < -0.39 is 9.84 Å². The third kappa shape index (κ3) is 6.70. The van der Waals surface area contributed by atoms with Crippen LogP contribution in [0.4, 0.5) is 0 Å². The van der Waals surface area contributed by atoms with Crippen molar-refractivity contribution in [3.8, 4) is 0 Å². The maximum absolute atomic E-state index is 11.3. The van der Waals surface area contributed by atoms with Crippen molar-refractivity contribution in [3.63, 3.8) is 0 Å². The molecule has 0 amide bonds. The van der Waals surface area contributed by atoms with Crippen LogP contribution in [0.15, 0.2) is 4.99 Å². The van der Waals surface area contributed by atoms with Crippen molar-refractivity contribution in [1.82, 2.24) is 10.6 Å². The van der Waals surface area contributed by atoms with Gasteiger partial charge in [0.25, 0.3) is 0 Å². The lowest BCUT2D eigenvalue weighted by Crippen LogP contribution is -2.44. The van der Waals surface area contributed by atoms with Gasteiger partial charge in [-0.15, -0.1) is 24.0 Å². The van der Waals surface area contributed by atoms with E-state index in [0.29, 0.717) is 12.4 Å². The Kier molecular flexibility index (Phi) is 8.56. The summed E-state index contributed by atoms with van der Waals surface area (Å²) < 4.78 is 22.5. The first-order chi connectivity index (χ1) is 7.57. The molecule has 1 atom stereocenters. The maximum atomic E-state index is 11.3. The molecule has 5 nitrogen and oxygen atoms in total. The molecule has 1 aliphatic heterocycles. The largest absolute Gasteiger partial charge is 0.356 e. The zero-order valence-corrected chi connectivity index (χ0v) is 14.1. The van der Waals surface area contributed by atoms with Gasteiger partial charge in [-0.25, -0.2) is 8.42 Å². The molecule has 0 saturated carbocycles. The van der Waals surface area contributed by atoms with Crippen LogP contribution >= 0.6 is 35.7 Å². The van der Waals surface area contributed by atoms with Crippen molar-refractivity contribution in [2.75, 3.05) is 37.1 Å². The van der Waals surface area contributed by atoms with Gasteiger partial charge in [-0.2, -0.15) is 11.8 Å². The minimum absolute atomic E-state index is 0. The number of sulfone groups is 1. The van der Waals surface area contributed by atoms with E-state index in [1.807, 2.05) is 6.26 Å². The average Bonchev–Trinajstić information content (AvgIpc) is 2.57. The van der Waals surface area contributed by atoms with Gasteiger partial charge in [0.2, 0.25) is 0 Å². The number of thioether (sulfide) groups is 1. The smallest absolute Gasteiger partial charge is 0.191 e. The van der Waals surface area contributed by atoms with Crippen LogP contribution in [0, 0.1) is 0 Å². The van der Waals surface area contributed by atoms with Crippen LogP contribution in [0.3, 0.4) is 0 Å². The minimum atomic E-state index is -2.82. The van der Waals surface area contributed by atoms with Gasteiger partial charge >= 0.3 is 0 Å². The first-order valence-electron chi connectivity index (χ1n) is 5.24. The summed E-state index contributed by atoms with van der Waals surface area (Å²) in [6.45, 7) is 0.834. The van der Waals surface area contributed by atoms with Gasteiger partial charge in [-0.05, 0) is 12.7 Å². The Hall–Kier alpha value is 0.300. The van der Waals surface area contributed by atoms with E-state index in [9.17, 15) is 8.42 Å². The zero-order valence-electron chi connectivity index (χ0n) is 10.1. The Bertz CT molecular complexity index is 346. The topological polar surface area (TPSA) is 70.6 Å². The third-order valence-corrected chi connectivity index (χ3v) is 4.78. The van der Waals surface area contributed by atoms with E-state index in [2.05, 4.69) is 15.6 Å². The molecule has 1 fully saturated rings. The van der Waals surface area contributed by atoms with Gasteiger partial charge in [0, 0.05) is 25.4 Å². The number of rotatable bonds is 4. The summed E-state index contributed by atoms with van der Waals surface area (Å²) in [6.07, 6.45) is 2.72. The predicted octanol–water partition coefficient (Wildman–Crippen LogP) is 0.319. The summed E-state index contributed by atoms with van der Waals surface area (Å²) in [5.41, 5.74) is 0. The molecule has 2 N–H and O–H groups in total. The van der Waals surface area contributed by atoms with E-state index >= 15 is 0 Å². The number of aliphatic imine (C=N–C) groups is 1. The van der Waals surface area contributed by atoms with E-state index in [0.717, 1.165) is 12.3 Å². The summed E-state index contributed by atoms with van der Waals surface area (Å²) in [6, 6.07) is 0.00507. The van der Waals surface area contributed by atoms with Crippen LogP contribution in [0.1, 0.15) is 6.42 Å². The lowest BCUT2D eigenvalue weighted by molar-refractivity contribution is 0.599. The van der Waals surface area contributed by atoms with Crippen molar-refractivity contribution in [2.24, 2.45) is 4.99 Å². The fourth-order valence-corrected chi connectivity index (χ4v) is 3.55. The first-order valence-corrected chi connectivity index (χ1v) is 8.45. The van der Waals surface area contributed by atoms with Crippen LogP contribution in [0.25, 0.3) is 0 Å². The van der Waals surface area contributed by atoms with Crippen LogP contribution in [0.5, 0.6) is 0 Å². The predicted molar refractivity (Wildman–Crippen MR) is 85.4 cm³/mol. The minimum Gasteiger partial charge on any atom is -0.356 e. The van der Waals surface area contributed by atoms with Crippen molar-refractivity contribution < 1.29 is 8.42 Å². The van der Waals surface area contributed by atoms with Crippen molar-refractivity contribution in [3.05, 3.63) is 0 Å². The Balaban J connectivity index is 0.00000256. The molecule has 1 heterocycles. The van der Waals surface area contributed by atoms with E-state index in [4.69, 9.17) is 0 Å². The molecule has 1 saturated heterocycles. The highest BCUT2D eigenvalue weighted by molar-refractivity contribution is 14.0. The van der Waals surface area contributed by atoms with E-state index in [-0.39, 0.29) is 41.5 Å². The van der Waals surface area contributed by atoms with Gasteiger partial charge < -0.3 is 10.6 Å². The summed E-state index contributed by atoms with van der Waals surface area (Å²) in [5.74, 6) is 2.20. The molecule has 1 aliphatic rings. The number of hydrogen-bond donors (Lipinski definition) is 2. The lowest BCUT2D eigenvalue weighted by atomic mass is 10.3. The number of nitrogens with zero attached hydrogens (tertiary/aromatic N) is 1. The number of guanidine groups is 1. The Morgan fingerprint density at radius 1 is 1.53 bits per heavy atom. The summed E-state index contributed by atoms with van der Waals surface area (Å²) >= 11 is 1.76. The van der Waals surface area contributed by atoms with E-state index in [1.165, 1.54) is 0 Å². The fraction of sp³-hybridized carbons (Fsp3) is 0.889. The van der Waals surface area contributed by atoms with Crippen LogP contribution in [-0.4, -0.2) is 57.5 Å². The normalized spacial score (nSPS) is 22.9. The fourth-order valence-electron chi connectivity index (χ4n) is 1.57. The second-order valence-electron chi connectivity index (χ2n) is 3.74. The third-order valence-electron chi connectivity index (χ3n) is 2.40. The molecular weight excluding hydrogens is 373 g/mol. The molecule has 0 aromatic carbocycles. The maximum Gasteiger partial charge on any atom is 0.191 e. The van der Waals surface area contributed by atoms with Gasteiger partial charge in [0.15, 0.2) is 15.8 Å². The average molecular weight is 393 g/mol. The highest BCUT2D eigenvalue weighted by atomic mass is 127. The molecule has 17 heavy (non-hydrogen) atoms. The van der Waals surface area contributed by atoms with Gasteiger partial charge in [-0.3, -0.25) is 4.99 Å². The first kappa shape index (κ1) is 17.3. The summed E-state index contributed by atoms with van der Waals surface area (Å²) in [5, 5.41) is 6.28. The molecule has 102 valence electrons. The van der Waals surface area contributed by atoms with Crippen LogP contribution in [0.2, 0.25) is 0 Å². The van der Waals surface area contributed by atoms with Gasteiger partial charge in [0.1, 0.15) is 0 Å². The summed E-state index contributed by atoms with van der Waals surface area (Å²) in [4.78, 5) is 4.06. The SMILES string of the molecule is CN=C(NCCSC)NC1CCS(=O)(=O)C1.I. The molecular formula is C9H20IN3O2S2. The highest BCUT2D eigenvalue weighted by Gasteiger charge is 2.28. The summed E-state index contributed by atoms with van der Waals surface area (Å²) in [7, 11) is -1.13. The zero-order chi connectivity index (χ0) is 12.0. The molecule has 0 aromatic heterocycles. The van der Waals surface area contributed by atoms with Crippen LogP contribution in [-0.2, 0) is 9.84 Å². The number of hydrogen-bond acceptors (Lipinski definition) is 4. The lowest BCUT2D eigenvalue weighted by Gasteiger charge is -2.15. The molecule has 0 bridgehead atoms. The van der Waals surface area contributed by atoms with E-state index in [1.54, 1.807) is 18.8 Å². The van der Waals surface area contributed by atoms with Gasteiger partial charge in [-0.1, -0.05) is 0 Å². The molecule has 8 heteroatoms. The molecule has 1 rings (SSSR count). The van der Waals surface area contributed by atoms with Gasteiger partial charge in [0.05, 0.1) is 11.5 Å². The standard InChI is InChI=1S/C9H19N3O2S2.HI/c1-10-9(11-4-5-15-2)12-8-3-6-16(13,14)7-8;/h8H,3-7H2,1-2H3,(H2,10,11,12);1H. The molecule has 0 spiro atoms. The Labute approximate surface area is 125 Å². The highest BCUT2D eigenvalue weighted by Crippen LogP contribution is 2.10. The molecule has 0 radical (unpaired) electrons. The second kappa shape index (κ2) is 8.41. The quantitative estimate of drug-likeness (QED) is 0.312. The van der Waals surface area contributed by atoms with Crippen molar-refractivity contribution in [2.45, 2.75) is 12.5 Å². The molecule has 0 aromatic rings. The Morgan fingerprint density at radius 3 is 2.71 bits per heavy atom. The second-order valence-corrected chi connectivity index (χ2v) is 6.95. The molecule has 1 unspecified atom stereocenters. The van der Waals surface area contributed by atoms with Crippen molar-refractivity contribution in [1.29, 1.82) is 0 Å². The monoisotopic (exact) mass is 393 g/mol.